The number of alkyl halides is 1. The normalized spacial score (nSPS) is 34.0. The molecule has 1 saturated heterocycles. The van der Waals surface area contributed by atoms with Crippen molar-refractivity contribution >= 4 is 11.6 Å². The summed E-state index contributed by atoms with van der Waals surface area (Å²) >= 11 is 6.14. The summed E-state index contributed by atoms with van der Waals surface area (Å²) < 4.78 is 6.07. The number of ether oxygens (including phenoxy) is 1. The highest BCUT2D eigenvalue weighted by Crippen LogP contribution is 2.50. The van der Waals surface area contributed by atoms with Crippen molar-refractivity contribution in [2.24, 2.45) is 11.3 Å². The Morgan fingerprint density at radius 1 is 1.33 bits per heavy atom. The standard InChI is InChI=1S/C13H23ClO/c1-12(2)7-6-11(15-12)8-13(3,9-14)10-4-5-10/h10-11H,4-9H2,1-3H3. The fourth-order valence-corrected chi connectivity index (χ4v) is 3.18. The molecular weight excluding hydrogens is 208 g/mol. The molecule has 88 valence electrons. The smallest absolute Gasteiger partial charge is 0.0631 e. The van der Waals surface area contributed by atoms with E-state index in [9.17, 15) is 0 Å². The fourth-order valence-electron chi connectivity index (χ4n) is 2.85. The molecule has 2 rings (SSSR count). The molecule has 0 radical (unpaired) electrons. The second-order valence-electron chi connectivity index (χ2n) is 6.30. The molecular formula is C13H23ClO. The molecule has 2 fully saturated rings. The third-order valence-corrected chi connectivity index (χ3v) is 4.73. The van der Waals surface area contributed by atoms with Gasteiger partial charge in [0.1, 0.15) is 0 Å². The second-order valence-corrected chi connectivity index (χ2v) is 6.57. The lowest BCUT2D eigenvalue weighted by molar-refractivity contribution is -0.0338. The topological polar surface area (TPSA) is 9.23 Å². The van der Waals surface area contributed by atoms with Gasteiger partial charge in [-0.1, -0.05) is 6.92 Å². The van der Waals surface area contributed by atoms with Crippen molar-refractivity contribution < 1.29 is 4.74 Å². The number of halogens is 1. The predicted octanol–water partition coefficient (Wildman–Crippen LogP) is 3.99. The minimum atomic E-state index is 0.0987. The van der Waals surface area contributed by atoms with Crippen LogP contribution in [0.15, 0.2) is 0 Å². The average Bonchev–Trinajstić information content (AvgIpc) is 2.93. The maximum Gasteiger partial charge on any atom is 0.0631 e. The van der Waals surface area contributed by atoms with E-state index in [4.69, 9.17) is 16.3 Å². The van der Waals surface area contributed by atoms with Gasteiger partial charge in [-0.3, -0.25) is 0 Å². The van der Waals surface area contributed by atoms with Crippen molar-refractivity contribution in [1.29, 1.82) is 0 Å². The van der Waals surface area contributed by atoms with Gasteiger partial charge in [0.25, 0.3) is 0 Å². The maximum atomic E-state index is 6.14. The van der Waals surface area contributed by atoms with Crippen LogP contribution >= 0.6 is 11.6 Å². The molecule has 1 aliphatic carbocycles. The van der Waals surface area contributed by atoms with Crippen LogP contribution in [0.5, 0.6) is 0 Å². The Labute approximate surface area is 98.5 Å². The first-order chi connectivity index (χ1) is 6.95. The summed E-state index contributed by atoms with van der Waals surface area (Å²) in [5.74, 6) is 1.65. The van der Waals surface area contributed by atoms with Crippen LogP contribution in [0.25, 0.3) is 0 Å². The molecule has 1 aliphatic heterocycles. The van der Waals surface area contributed by atoms with Crippen molar-refractivity contribution in [3.8, 4) is 0 Å². The van der Waals surface area contributed by atoms with Crippen LogP contribution < -0.4 is 0 Å². The van der Waals surface area contributed by atoms with Crippen LogP contribution in [0.4, 0.5) is 0 Å². The van der Waals surface area contributed by atoms with E-state index in [2.05, 4.69) is 20.8 Å². The Morgan fingerprint density at radius 3 is 2.40 bits per heavy atom. The van der Waals surface area contributed by atoms with Gasteiger partial charge < -0.3 is 4.74 Å². The molecule has 0 spiro atoms. The predicted molar refractivity (Wildman–Crippen MR) is 64.4 cm³/mol. The van der Waals surface area contributed by atoms with E-state index in [1.807, 2.05) is 0 Å². The number of hydrogen-bond acceptors (Lipinski definition) is 1. The minimum Gasteiger partial charge on any atom is -0.372 e. The molecule has 2 unspecified atom stereocenters. The molecule has 0 aromatic heterocycles. The Bertz CT molecular complexity index is 235. The molecule has 0 N–H and O–H groups in total. The van der Waals surface area contributed by atoms with Crippen LogP contribution in [-0.2, 0) is 4.74 Å². The van der Waals surface area contributed by atoms with Gasteiger partial charge in [-0.2, -0.15) is 0 Å². The zero-order valence-electron chi connectivity index (χ0n) is 10.2. The number of rotatable bonds is 4. The first kappa shape index (κ1) is 11.7. The molecule has 2 heteroatoms. The van der Waals surface area contributed by atoms with E-state index >= 15 is 0 Å². The highest BCUT2D eigenvalue weighted by Gasteiger charge is 2.44. The SMILES string of the molecule is CC1(C)CCC(CC(C)(CCl)C2CC2)O1. The molecule has 0 aromatic carbocycles. The van der Waals surface area contributed by atoms with Crippen LogP contribution in [0.2, 0.25) is 0 Å². The Kier molecular flexibility index (Phi) is 3.07. The van der Waals surface area contributed by atoms with E-state index in [1.165, 1.54) is 25.7 Å². The summed E-state index contributed by atoms with van der Waals surface area (Å²) in [7, 11) is 0. The summed E-state index contributed by atoms with van der Waals surface area (Å²) in [6.07, 6.45) is 6.76. The third-order valence-electron chi connectivity index (χ3n) is 4.12. The lowest BCUT2D eigenvalue weighted by Crippen LogP contribution is -2.29. The highest BCUT2D eigenvalue weighted by atomic mass is 35.5. The van der Waals surface area contributed by atoms with Gasteiger partial charge in [0.05, 0.1) is 11.7 Å². The van der Waals surface area contributed by atoms with Crippen molar-refractivity contribution in [1.82, 2.24) is 0 Å². The molecule has 2 atom stereocenters. The van der Waals surface area contributed by atoms with Crippen LogP contribution in [0, 0.1) is 11.3 Å². The van der Waals surface area contributed by atoms with Crippen LogP contribution in [0.1, 0.15) is 52.9 Å². The maximum absolute atomic E-state index is 6.14. The quantitative estimate of drug-likeness (QED) is 0.664. The molecule has 1 nitrogen and oxygen atoms in total. The van der Waals surface area contributed by atoms with E-state index < -0.39 is 0 Å². The van der Waals surface area contributed by atoms with Crippen molar-refractivity contribution in [2.75, 3.05) is 5.88 Å². The largest absolute Gasteiger partial charge is 0.372 e. The first-order valence-corrected chi connectivity index (χ1v) is 6.72. The second kappa shape index (κ2) is 3.92. The van der Waals surface area contributed by atoms with Gasteiger partial charge in [-0.05, 0) is 57.3 Å². The zero-order valence-corrected chi connectivity index (χ0v) is 10.9. The van der Waals surface area contributed by atoms with Crippen molar-refractivity contribution in [2.45, 2.75) is 64.6 Å². The summed E-state index contributed by atoms with van der Waals surface area (Å²) in [6, 6.07) is 0. The molecule has 15 heavy (non-hydrogen) atoms. The van der Waals surface area contributed by atoms with E-state index in [1.54, 1.807) is 0 Å². The molecule has 0 bridgehead atoms. The molecule has 1 saturated carbocycles. The summed E-state index contributed by atoms with van der Waals surface area (Å²) in [6.45, 7) is 6.73. The molecule has 2 aliphatic rings. The Balaban J connectivity index is 1.90. The Hall–Kier alpha value is 0.250. The molecule has 0 amide bonds. The minimum absolute atomic E-state index is 0.0987. The lowest BCUT2D eigenvalue weighted by atomic mass is 9.81. The average molecular weight is 231 g/mol. The van der Waals surface area contributed by atoms with E-state index in [-0.39, 0.29) is 5.60 Å². The third kappa shape index (κ3) is 2.68. The van der Waals surface area contributed by atoms with E-state index in [0.717, 1.165) is 18.2 Å². The van der Waals surface area contributed by atoms with E-state index in [0.29, 0.717) is 11.5 Å². The highest BCUT2D eigenvalue weighted by molar-refractivity contribution is 6.18. The van der Waals surface area contributed by atoms with Crippen LogP contribution in [-0.4, -0.2) is 17.6 Å². The summed E-state index contributed by atoms with van der Waals surface area (Å²) in [5.41, 5.74) is 0.425. The van der Waals surface area contributed by atoms with Crippen LogP contribution in [0.3, 0.4) is 0 Å². The summed E-state index contributed by atoms with van der Waals surface area (Å²) in [4.78, 5) is 0. The van der Waals surface area contributed by atoms with Crippen molar-refractivity contribution in [3.63, 3.8) is 0 Å². The molecule has 1 heterocycles. The summed E-state index contributed by atoms with van der Waals surface area (Å²) in [5, 5.41) is 0. The Morgan fingerprint density at radius 2 is 2.00 bits per heavy atom. The van der Waals surface area contributed by atoms with Gasteiger partial charge in [0.15, 0.2) is 0 Å². The van der Waals surface area contributed by atoms with Crippen molar-refractivity contribution in [3.05, 3.63) is 0 Å². The number of hydrogen-bond donors (Lipinski definition) is 0. The lowest BCUT2D eigenvalue weighted by Gasteiger charge is -2.31. The van der Waals surface area contributed by atoms with Gasteiger partial charge in [-0.15, -0.1) is 11.6 Å². The van der Waals surface area contributed by atoms with Gasteiger partial charge in [0, 0.05) is 5.88 Å². The zero-order chi connectivity index (χ0) is 11.1. The molecule has 0 aromatic rings. The fraction of sp³-hybridized carbons (Fsp3) is 1.00. The van der Waals surface area contributed by atoms with Gasteiger partial charge in [0.2, 0.25) is 0 Å². The van der Waals surface area contributed by atoms with Gasteiger partial charge in [-0.25, -0.2) is 0 Å². The first-order valence-electron chi connectivity index (χ1n) is 6.19. The monoisotopic (exact) mass is 230 g/mol. The van der Waals surface area contributed by atoms with Gasteiger partial charge >= 0.3 is 0 Å².